The number of aryl methyl sites for hydroxylation is 1. The lowest BCUT2D eigenvalue weighted by Crippen LogP contribution is -2.36. The Balaban J connectivity index is 1.80. The van der Waals surface area contributed by atoms with Crippen LogP contribution in [0.5, 0.6) is 0 Å². The molecule has 0 radical (unpaired) electrons. The Morgan fingerprint density at radius 2 is 2.22 bits per heavy atom. The minimum Gasteiger partial charge on any atom is -0.467 e. The average molecular weight is 248 g/mol. The third kappa shape index (κ3) is 3.16. The van der Waals surface area contributed by atoms with E-state index < -0.39 is 0 Å². The van der Waals surface area contributed by atoms with E-state index in [9.17, 15) is 4.79 Å². The maximum Gasteiger partial charge on any atom is 0.315 e. The zero-order valence-corrected chi connectivity index (χ0v) is 10.4. The lowest BCUT2D eigenvalue weighted by molar-refractivity contribution is 0.234. The van der Waals surface area contributed by atoms with Crippen molar-refractivity contribution in [3.8, 4) is 0 Å². The molecule has 0 aliphatic rings. The lowest BCUT2D eigenvalue weighted by atomic mass is 10.2. The fraction of sp³-hybridized carbons (Fsp3) is 0.308. The second-order valence-corrected chi connectivity index (χ2v) is 4.08. The molecule has 96 valence electrons. The van der Waals surface area contributed by atoms with Gasteiger partial charge in [0.2, 0.25) is 0 Å². The maximum absolute atomic E-state index is 11.6. The standard InChI is InChI=1S/C13H16N2O3/c1-9-5-6-12(18-9)10(2)15-13(16)14-8-11-4-3-7-17-11/h3-7,10H,8H2,1-2H3,(H2,14,15,16). The Morgan fingerprint density at radius 3 is 2.83 bits per heavy atom. The Labute approximate surface area is 105 Å². The Bertz CT molecular complexity index is 502. The van der Waals surface area contributed by atoms with Gasteiger partial charge in [0.1, 0.15) is 17.3 Å². The zero-order chi connectivity index (χ0) is 13.0. The molecule has 1 atom stereocenters. The molecule has 0 aromatic carbocycles. The highest BCUT2D eigenvalue weighted by molar-refractivity contribution is 5.74. The summed E-state index contributed by atoms with van der Waals surface area (Å²) in [6, 6.07) is 6.88. The summed E-state index contributed by atoms with van der Waals surface area (Å²) in [7, 11) is 0. The van der Waals surface area contributed by atoms with Gasteiger partial charge in [-0.05, 0) is 38.1 Å². The van der Waals surface area contributed by atoms with E-state index in [1.165, 1.54) is 0 Å². The molecular weight excluding hydrogens is 232 g/mol. The molecule has 0 bridgehead atoms. The van der Waals surface area contributed by atoms with Gasteiger partial charge in [0.05, 0.1) is 18.8 Å². The first-order valence-electron chi connectivity index (χ1n) is 5.78. The van der Waals surface area contributed by atoms with E-state index in [1.807, 2.05) is 26.0 Å². The lowest BCUT2D eigenvalue weighted by Gasteiger charge is -2.11. The number of nitrogens with one attached hydrogen (secondary N) is 2. The van der Waals surface area contributed by atoms with E-state index in [2.05, 4.69) is 10.6 Å². The van der Waals surface area contributed by atoms with Crippen molar-refractivity contribution < 1.29 is 13.6 Å². The molecule has 2 heterocycles. The van der Waals surface area contributed by atoms with Crippen LogP contribution >= 0.6 is 0 Å². The first kappa shape index (κ1) is 12.3. The molecule has 18 heavy (non-hydrogen) atoms. The van der Waals surface area contributed by atoms with Crippen LogP contribution in [-0.2, 0) is 6.54 Å². The summed E-state index contributed by atoms with van der Waals surface area (Å²) in [5, 5.41) is 5.49. The van der Waals surface area contributed by atoms with Crippen molar-refractivity contribution >= 4 is 6.03 Å². The fourth-order valence-electron chi connectivity index (χ4n) is 1.59. The van der Waals surface area contributed by atoms with Gasteiger partial charge in [-0.15, -0.1) is 0 Å². The summed E-state index contributed by atoms with van der Waals surface area (Å²) in [6.07, 6.45) is 1.57. The summed E-state index contributed by atoms with van der Waals surface area (Å²) in [6.45, 7) is 4.10. The molecule has 2 aromatic rings. The second-order valence-electron chi connectivity index (χ2n) is 4.08. The van der Waals surface area contributed by atoms with Crippen molar-refractivity contribution in [2.75, 3.05) is 0 Å². The largest absolute Gasteiger partial charge is 0.467 e. The van der Waals surface area contributed by atoms with Crippen LogP contribution in [0.25, 0.3) is 0 Å². The number of furan rings is 2. The topological polar surface area (TPSA) is 67.4 Å². The number of rotatable bonds is 4. The molecule has 0 aliphatic carbocycles. The molecule has 1 unspecified atom stereocenters. The van der Waals surface area contributed by atoms with Crippen molar-refractivity contribution in [1.29, 1.82) is 0 Å². The van der Waals surface area contributed by atoms with Crippen LogP contribution in [0.3, 0.4) is 0 Å². The number of carbonyl (C=O) groups is 1. The quantitative estimate of drug-likeness (QED) is 0.874. The molecule has 5 heteroatoms. The highest BCUT2D eigenvalue weighted by Crippen LogP contribution is 2.15. The third-order valence-electron chi connectivity index (χ3n) is 2.54. The monoisotopic (exact) mass is 248 g/mol. The van der Waals surface area contributed by atoms with Gasteiger partial charge in [-0.3, -0.25) is 0 Å². The van der Waals surface area contributed by atoms with Gasteiger partial charge < -0.3 is 19.5 Å². The number of urea groups is 1. The first-order chi connectivity index (χ1) is 8.65. The normalized spacial score (nSPS) is 12.1. The predicted molar refractivity (Wildman–Crippen MR) is 65.9 cm³/mol. The van der Waals surface area contributed by atoms with Crippen LogP contribution < -0.4 is 10.6 Å². The molecule has 2 N–H and O–H groups in total. The van der Waals surface area contributed by atoms with Crippen LogP contribution in [0.15, 0.2) is 39.4 Å². The number of hydrogen-bond donors (Lipinski definition) is 2. The fourth-order valence-corrected chi connectivity index (χ4v) is 1.59. The Hall–Kier alpha value is -2.17. The molecule has 2 amide bonds. The molecule has 5 nitrogen and oxygen atoms in total. The number of carbonyl (C=O) groups excluding carboxylic acids is 1. The minimum atomic E-state index is -0.257. The molecule has 0 spiro atoms. The van der Waals surface area contributed by atoms with Crippen LogP contribution in [0.2, 0.25) is 0 Å². The number of amides is 2. The van der Waals surface area contributed by atoms with Gasteiger partial charge in [0.15, 0.2) is 0 Å². The minimum absolute atomic E-state index is 0.171. The average Bonchev–Trinajstić information content (AvgIpc) is 2.97. The van der Waals surface area contributed by atoms with Crippen molar-refractivity contribution in [2.45, 2.75) is 26.4 Å². The summed E-state index contributed by atoms with van der Waals surface area (Å²) in [5.41, 5.74) is 0. The maximum atomic E-state index is 11.6. The van der Waals surface area contributed by atoms with Gasteiger partial charge >= 0.3 is 6.03 Å². The molecule has 0 fully saturated rings. The van der Waals surface area contributed by atoms with Gasteiger partial charge in [-0.25, -0.2) is 4.79 Å². The van der Waals surface area contributed by atoms with E-state index in [0.717, 1.165) is 11.5 Å². The SMILES string of the molecule is Cc1ccc(C(C)NC(=O)NCc2ccco2)o1. The van der Waals surface area contributed by atoms with Crippen LogP contribution in [0.1, 0.15) is 30.2 Å². The summed E-state index contributed by atoms with van der Waals surface area (Å²) in [4.78, 5) is 11.6. The van der Waals surface area contributed by atoms with Crippen molar-refractivity contribution in [2.24, 2.45) is 0 Å². The highest BCUT2D eigenvalue weighted by Gasteiger charge is 2.12. The molecular formula is C13H16N2O3. The van der Waals surface area contributed by atoms with Crippen molar-refractivity contribution in [3.05, 3.63) is 47.8 Å². The van der Waals surface area contributed by atoms with Crippen molar-refractivity contribution in [1.82, 2.24) is 10.6 Å². The summed E-state index contributed by atoms with van der Waals surface area (Å²) in [5.74, 6) is 2.28. The third-order valence-corrected chi connectivity index (χ3v) is 2.54. The Morgan fingerprint density at radius 1 is 1.39 bits per heavy atom. The van der Waals surface area contributed by atoms with Gasteiger partial charge in [-0.1, -0.05) is 0 Å². The molecule has 0 aliphatic heterocycles. The molecule has 2 aromatic heterocycles. The molecule has 0 saturated heterocycles. The first-order valence-corrected chi connectivity index (χ1v) is 5.78. The van der Waals surface area contributed by atoms with Gasteiger partial charge in [0, 0.05) is 0 Å². The van der Waals surface area contributed by atoms with Crippen molar-refractivity contribution in [3.63, 3.8) is 0 Å². The number of hydrogen-bond acceptors (Lipinski definition) is 3. The molecule has 2 rings (SSSR count). The van der Waals surface area contributed by atoms with Gasteiger partial charge in [0.25, 0.3) is 0 Å². The molecule has 0 saturated carbocycles. The summed E-state index contributed by atoms with van der Waals surface area (Å²) >= 11 is 0. The zero-order valence-electron chi connectivity index (χ0n) is 10.4. The van der Waals surface area contributed by atoms with E-state index in [1.54, 1.807) is 18.4 Å². The Kier molecular flexibility index (Phi) is 3.72. The second kappa shape index (κ2) is 5.44. The van der Waals surface area contributed by atoms with E-state index >= 15 is 0 Å². The van der Waals surface area contributed by atoms with E-state index in [-0.39, 0.29) is 12.1 Å². The van der Waals surface area contributed by atoms with E-state index in [4.69, 9.17) is 8.83 Å². The predicted octanol–water partition coefficient (Wildman–Crippen LogP) is 2.74. The summed E-state index contributed by atoms with van der Waals surface area (Å²) < 4.78 is 10.6. The van der Waals surface area contributed by atoms with E-state index in [0.29, 0.717) is 12.3 Å². The smallest absolute Gasteiger partial charge is 0.315 e. The van der Waals surface area contributed by atoms with Crippen LogP contribution in [0, 0.1) is 6.92 Å². The van der Waals surface area contributed by atoms with Crippen LogP contribution in [0.4, 0.5) is 4.79 Å². The van der Waals surface area contributed by atoms with Crippen LogP contribution in [-0.4, -0.2) is 6.03 Å². The van der Waals surface area contributed by atoms with Gasteiger partial charge in [-0.2, -0.15) is 0 Å². The highest BCUT2D eigenvalue weighted by atomic mass is 16.3.